The summed E-state index contributed by atoms with van der Waals surface area (Å²) in [6.07, 6.45) is 9.52. The van der Waals surface area contributed by atoms with Crippen molar-refractivity contribution in [2.45, 2.75) is 77.3 Å². The van der Waals surface area contributed by atoms with E-state index in [1.54, 1.807) is 0 Å². The predicted molar refractivity (Wildman–Crippen MR) is 89.7 cm³/mol. The molecule has 1 saturated carbocycles. The highest BCUT2D eigenvalue weighted by atomic mass is 16.5. The van der Waals surface area contributed by atoms with Gasteiger partial charge in [0.05, 0.1) is 6.61 Å². The molecule has 1 saturated heterocycles. The lowest BCUT2D eigenvalue weighted by molar-refractivity contribution is 0.0150. The summed E-state index contributed by atoms with van der Waals surface area (Å²) in [6, 6.07) is 0.732. The molecule has 3 nitrogen and oxygen atoms in total. The zero-order valence-electron chi connectivity index (χ0n) is 14.5. The molecule has 2 fully saturated rings. The molecular weight excluding hydrogens is 260 g/mol. The highest BCUT2D eigenvalue weighted by Gasteiger charge is 2.38. The van der Waals surface area contributed by atoms with Crippen LogP contribution in [0.1, 0.15) is 65.7 Å². The quantitative estimate of drug-likeness (QED) is 0.728. The fraction of sp³-hybridized carbons (Fsp3) is 1.00. The molecule has 124 valence electrons. The van der Waals surface area contributed by atoms with Gasteiger partial charge >= 0.3 is 0 Å². The molecule has 0 bridgehead atoms. The van der Waals surface area contributed by atoms with Gasteiger partial charge in [-0.3, -0.25) is 4.90 Å². The van der Waals surface area contributed by atoms with Crippen LogP contribution in [0.25, 0.3) is 0 Å². The SMILES string of the molecule is CCCOCCN1CC(C)(CC)NCC1C1CCCCC1. The second-order valence-electron chi connectivity index (χ2n) is 7.34. The second kappa shape index (κ2) is 8.50. The molecule has 1 heterocycles. The van der Waals surface area contributed by atoms with Gasteiger partial charge in [-0.05, 0) is 38.5 Å². The Morgan fingerprint density at radius 3 is 2.57 bits per heavy atom. The van der Waals surface area contributed by atoms with Crippen LogP contribution in [0.2, 0.25) is 0 Å². The number of hydrogen-bond donors (Lipinski definition) is 1. The van der Waals surface area contributed by atoms with Crippen LogP contribution in [-0.4, -0.2) is 49.3 Å². The van der Waals surface area contributed by atoms with Crippen LogP contribution >= 0.6 is 0 Å². The number of nitrogens with one attached hydrogen (secondary N) is 1. The molecule has 0 aromatic heterocycles. The summed E-state index contributed by atoms with van der Waals surface area (Å²) in [7, 11) is 0. The lowest BCUT2D eigenvalue weighted by atomic mass is 9.80. The minimum Gasteiger partial charge on any atom is -0.380 e. The minimum absolute atomic E-state index is 0.288. The first kappa shape index (κ1) is 17.2. The van der Waals surface area contributed by atoms with Crippen LogP contribution in [0.5, 0.6) is 0 Å². The van der Waals surface area contributed by atoms with Crippen LogP contribution in [0.15, 0.2) is 0 Å². The van der Waals surface area contributed by atoms with Gasteiger partial charge in [-0.15, -0.1) is 0 Å². The summed E-state index contributed by atoms with van der Waals surface area (Å²) in [6.45, 7) is 12.1. The van der Waals surface area contributed by atoms with Gasteiger partial charge in [-0.2, -0.15) is 0 Å². The first-order chi connectivity index (χ1) is 10.2. The highest BCUT2D eigenvalue weighted by Crippen LogP contribution is 2.32. The van der Waals surface area contributed by atoms with E-state index in [1.807, 2.05) is 0 Å². The summed E-state index contributed by atoms with van der Waals surface area (Å²) < 4.78 is 5.76. The first-order valence-electron chi connectivity index (χ1n) is 9.25. The van der Waals surface area contributed by atoms with E-state index in [1.165, 1.54) is 51.6 Å². The van der Waals surface area contributed by atoms with E-state index in [-0.39, 0.29) is 5.54 Å². The fourth-order valence-electron chi connectivity index (χ4n) is 4.00. The maximum atomic E-state index is 5.76. The summed E-state index contributed by atoms with van der Waals surface area (Å²) in [5.41, 5.74) is 0.288. The molecule has 0 spiro atoms. The number of piperazine rings is 1. The van der Waals surface area contributed by atoms with Crippen molar-refractivity contribution in [1.82, 2.24) is 10.2 Å². The third-order valence-corrected chi connectivity index (χ3v) is 5.60. The molecule has 0 amide bonds. The molecule has 1 aliphatic carbocycles. The highest BCUT2D eigenvalue weighted by molar-refractivity contribution is 4.97. The number of rotatable bonds is 7. The third kappa shape index (κ3) is 4.94. The summed E-state index contributed by atoms with van der Waals surface area (Å²) in [4.78, 5) is 2.74. The maximum Gasteiger partial charge on any atom is 0.0593 e. The molecule has 1 aliphatic heterocycles. The van der Waals surface area contributed by atoms with Crippen LogP contribution in [0.4, 0.5) is 0 Å². The third-order valence-electron chi connectivity index (χ3n) is 5.60. The molecule has 3 heteroatoms. The summed E-state index contributed by atoms with van der Waals surface area (Å²) >= 11 is 0. The number of ether oxygens (including phenoxy) is 1. The predicted octanol–water partition coefficient (Wildman–Crippen LogP) is 3.44. The van der Waals surface area contributed by atoms with Gasteiger partial charge < -0.3 is 10.1 Å². The zero-order chi connectivity index (χ0) is 15.1. The molecule has 0 aromatic carbocycles. The Hall–Kier alpha value is -0.120. The first-order valence-corrected chi connectivity index (χ1v) is 9.25. The summed E-state index contributed by atoms with van der Waals surface area (Å²) in [5.74, 6) is 0.902. The number of nitrogens with zero attached hydrogens (tertiary/aromatic N) is 1. The Kier molecular flexibility index (Phi) is 6.97. The van der Waals surface area contributed by atoms with Crippen molar-refractivity contribution in [2.75, 3.05) is 32.8 Å². The van der Waals surface area contributed by atoms with Crippen LogP contribution in [0, 0.1) is 5.92 Å². The Bertz CT molecular complexity index is 291. The Labute approximate surface area is 131 Å². The van der Waals surface area contributed by atoms with Crippen molar-refractivity contribution < 1.29 is 4.74 Å². The van der Waals surface area contributed by atoms with Crippen LogP contribution in [0.3, 0.4) is 0 Å². The van der Waals surface area contributed by atoms with Gasteiger partial charge in [0.2, 0.25) is 0 Å². The van der Waals surface area contributed by atoms with Crippen molar-refractivity contribution >= 4 is 0 Å². The van der Waals surface area contributed by atoms with E-state index in [0.29, 0.717) is 0 Å². The van der Waals surface area contributed by atoms with E-state index in [0.717, 1.165) is 38.1 Å². The molecule has 2 rings (SSSR count). The molecule has 1 N–H and O–H groups in total. The van der Waals surface area contributed by atoms with Gasteiger partial charge in [0, 0.05) is 37.8 Å². The number of hydrogen-bond acceptors (Lipinski definition) is 3. The zero-order valence-corrected chi connectivity index (χ0v) is 14.5. The van der Waals surface area contributed by atoms with E-state index in [9.17, 15) is 0 Å². The minimum atomic E-state index is 0.288. The van der Waals surface area contributed by atoms with E-state index in [4.69, 9.17) is 4.74 Å². The standard InChI is InChI=1S/C18H36N2O/c1-4-12-21-13-11-20-15-18(3,5-2)19-14-17(20)16-9-7-6-8-10-16/h16-17,19H,4-15H2,1-3H3. The van der Waals surface area contributed by atoms with Crippen molar-refractivity contribution in [2.24, 2.45) is 5.92 Å². The Morgan fingerprint density at radius 2 is 1.90 bits per heavy atom. The van der Waals surface area contributed by atoms with Crippen molar-refractivity contribution in [3.63, 3.8) is 0 Å². The topological polar surface area (TPSA) is 24.5 Å². The van der Waals surface area contributed by atoms with Gasteiger partial charge in [-0.1, -0.05) is 33.1 Å². The molecule has 0 radical (unpaired) electrons. The van der Waals surface area contributed by atoms with Gasteiger partial charge in [0.25, 0.3) is 0 Å². The van der Waals surface area contributed by atoms with Gasteiger partial charge in [-0.25, -0.2) is 0 Å². The van der Waals surface area contributed by atoms with Crippen LogP contribution in [-0.2, 0) is 4.74 Å². The van der Waals surface area contributed by atoms with Crippen molar-refractivity contribution in [3.8, 4) is 0 Å². The molecule has 2 atom stereocenters. The molecule has 2 unspecified atom stereocenters. The molecular formula is C18H36N2O. The van der Waals surface area contributed by atoms with E-state index < -0.39 is 0 Å². The monoisotopic (exact) mass is 296 g/mol. The lowest BCUT2D eigenvalue weighted by Crippen LogP contribution is -2.64. The van der Waals surface area contributed by atoms with Gasteiger partial charge in [0.15, 0.2) is 0 Å². The lowest BCUT2D eigenvalue weighted by Gasteiger charge is -2.49. The fourth-order valence-corrected chi connectivity index (χ4v) is 4.00. The molecule has 0 aromatic rings. The second-order valence-corrected chi connectivity index (χ2v) is 7.34. The van der Waals surface area contributed by atoms with Gasteiger partial charge in [0.1, 0.15) is 0 Å². The van der Waals surface area contributed by atoms with E-state index >= 15 is 0 Å². The van der Waals surface area contributed by atoms with Crippen molar-refractivity contribution in [3.05, 3.63) is 0 Å². The summed E-state index contributed by atoms with van der Waals surface area (Å²) in [5, 5.41) is 3.84. The molecule has 21 heavy (non-hydrogen) atoms. The largest absolute Gasteiger partial charge is 0.380 e. The normalized spacial score (nSPS) is 32.4. The Balaban J connectivity index is 1.92. The maximum absolute atomic E-state index is 5.76. The average Bonchev–Trinajstić information content (AvgIpc) is 2.53. The van der Waals surface area contributed by atoms with Crippen molar-refractivity contribution in [1.29, 1.82) is 0 Å². The van der Waals surface area contributed by atoms with Crippen LogP contribution < -0.4 is 5.32 Å². The smallest absolute Gasteiger partial charge is 0.0593 e. The van der Waals surface area contributed by atoms with E-state index in [2.05, 4.69) is 31.0 Å². The Morgan fingerprint density at radius 1 is 1.14 bits per heavy atom. The average molecular weight is 296 g/mol. The molecule has 2 aliphatic rings.